The van der Waals surface area contributed by atoms with E-state index in [1.54, 1.807) is 26.4 Å². The number of hydrogen-bond donors (Lipinski definition) is 3. The van der Waals surface area contributed by atoms with E-state index in [0.717, 1.165) is 12.0 Å². The van der Waals surface area contributed by atoms with Crippen LogP contribution >= 0.6 is 0 Å². The summed E-state index contributed by atoms with van der Waals surface area (Å²) in [5, 5.41) is 19.2. The van der Waals surface area contributed by atoms with Gasteiger partial charge in [-0.15, -0.1) is 0 Å². The average Bonchev–Trinajstić information content (AvgIpc) is 3.14. The predicted molar refractivity (Wildman–Crippen MR) is 94.9 cm³/mol. The zero-order valence-corrected chi connectivity index (χ0v) is 15.0. The highest BCUT2D eigenvalue weighted by Gasteiger charge is 2.22. The summed E-state index contributed by atoms with van der Waals surface area (Å²) in [6.07, 6.45) is 2.34. The van der Waals surface area contributed by atoms with E-state index in [2.05, 4.69) is 15.5 Å². The molecule has 0 radical (unpaired) electrons. The monoisotopic (exact) mass is 347 g/mol. The van der Waals surface area contributed by atoms with Gasteiger partial charge in [0.05, 0.1) is 44.3 Å². The lowest BCUT2D eigenvalue weighted by molar-refractivity contribution is 0.0892. The number of ether oxygens (including phenoxy) is 2. The van der Waals surface area contributed by atoms with E-state index < -0.39 is 0 Å². The van der Waals surface area contributed by atoms with Crippen LogP contribution in [-0.4, -0.2) is 48.1 Å². The van der Waals surface area contributed by atoms with E-state index in [9.17, 15) is 9.90 Å². The number of nitrogens with zero attached hydrogens (tertiary/aromatic N) is 1. The molecule has 7 nitrogen and oxygen atoms in total. The molecule has 2 atom stereocenters. The van der Waals surface area contributed by atoms with E-state index >= 15 is 0 Å². The number of methoxy groups -OCH3 is 2. The molecule has 0 spiro atoms. The van der Waals surface area contributed by atoms with Crippen LogP contribution in [0.2, 0.25) is 0 Å². The Morgan fingerprint density at radius 3 is 2.64 bits per heavy atom. The van der Waals surface area contributed by atoms with Crippen molar-refractivity contribution in [2.75, 3.05) is 20.8 Å². The predicted octanol–water partition coefficient (Wildman–Crippen LogP) is 2.23. The molecule has 1 aromatic heterocycles. The van der Waals surface area contributed by atoms with Crippen molar-refractivity contribution >= 4 is 5.91 Å². The van der Waals surface area contributed by atoms with Crippen LogP contribution in [-0.2, 0) is 0 Å². The van der Waals surface area contributed by atoms with Gasteiger partial charge in [0.1, 0.15) is 0 Å². The van der Waals surface area contributed by atoms with E-state index in [1.807, 2.05) is 19.9 Å². The number of hydrogen-bond acceptors (Lipinski definition) is 5. The minimum Gasteiger partial charge on any atom is -0.493 e. The number of amides is 1. The van der Waals surface area contributed by atoms with Gasteiger partial charge in [0.25, 0.3) is 5.91 Å². The molecule has 1 amide bonds. The molecule has 0 aliphatic rings. The van der Waals surface area contributed by atoms with Crippen molar-refractivity contribution < 1.29 is 19.4 Å². The second-order valence-corrected chi connectivity index (χ2v) is 5.88. The summed E-state index contributed by atoms with van der Waals surface area (Å²) in [5.74, 6) is 1.06. The number of benzene rings is 1. The van der Waals surface area contributed by atoms with Crippen LogP contribution in [0.15, 0.2) is 24.4 Å². The van der Waals surface area contributed by atoms with Gasteiger partial charge in [0.15, 0.2) is 11.5 Å². The quantitative estimate of drug-likeness (QED) is 0.680. The third-order valence-corrected chi connectivity index (χ3v) is 4.40. The lowest BCUT2D eigenvalue weighted by Gasteiger charge is -2.22. The fourth-order valence-corrected chi connectivity index (χ4v) is 2.57. The van der Waals surface area contributed by atoms with E-state index in [0.29, 0.717) is 22.8 Å². The second kappa shape index (κ2) is 8.53. The summed E-state index contributed by atoms with van der Waals surface area (Å²) in [6.45, 7) is 3.91. The molecule has 136 valence electrons. The Labute approximate surface area is 147 Å². The zero-order chi connectivity index (χ0) is 18.4. The van der Waals surface area contributed by atoms with E-state index in [-0.39, 0.29) is 24.5 Å². The van der Waals surface area contributed by atoms with Gasteiger partial charge in [0.2, 0.25) is 0 Å². The molecule has 2 aromatic rings. The molecule has 7 heteroatoms. The van der Waals surface area contributed by atoms with Crippen LogP contribution in [0.5, 0.6) is 11.5 Å². The fourth-order valence-electron chi connectivity index (χ4n) is 2.57. The standard InChI is InChI=1S/C18H25N3O4/c1-5-11(2)14(10-22)20-18(23)13-9-19-21-17(13)12-6-7-15(24-3)16(8-12)25-4/h6-9,11,14,22H,5,10H2,1-4H3,(H,19,21)(H,20,23)/t11-,14+/m1/s1. The van der Waals surface area contributed by atoms with Gasteiger partial charge in [0, 0.05) is 5.56 Å². The van der Waals surface area contributed by atoms with Crippen LogP contribution in [0.4, 0.5) is 0 Å². The van der Waals surface area contributed by atoms with Crippen molar-refractivity contribution in [1.82, 2.24) is 15.5 Å². The molecule has 25 heavy (non-hydrogen) atoms. The van der Waals surface area contributed by atoms with Crippen LogP contribution in [0.25, 0.3) is 11.3 Å². The molecule has 0 aliphatic heterocycles. The van der Waals surface area contributed by atoms with Gasteiger partial charge in [-0.05, 0) is 24.1 Å². The molecular weight excluding hydrogens is 322 g/mol. The van der Waals surface area contributed by atoms with Crippen molar-refractivity contribution in [1.29, 1.82) is 0 Å². The van der Waals surface area contributed by atoms with Crippen molar-refractivity contribution in [3.05, 3.63) is 30.0 Å². The SMILES string of the molecule is CC[C@@H](C)[C@H](CO)NC(=O)c1cn[nH]c1-c1ccc(OC)c(OC)c1. The smallest absolute Gasteiger partial charge is 0.255 e. The lowest BCUT2D eigenvalue weighted by Crippen LogP contribution is -2.41. The fraction of sp³-hybridized carbons (Fsp3) is 0.444. The maximum Gasteiger partial charge on any atom is 0.255 e. The zero-order valence-electron chi connectivity index (χ0n) is 15.0. The number of aliphatic hydroxyl groups is 1. The first-order valence-electron chi connectivity index (χ1n) is 8.23. The first kappa shape index (κ1) is 18.8. The van der Waals surface area contributed by atoms with Crippen LogP contribution < -0.4 is 14.8 Å². The maximum absolute atomic E-state index is 12.6. The van der Waals surface area contributed by atoms with Gasteiger partial charge in [-0.3, -0.25) is 9.89 Å². The average molecular weight is 347 g/mol. The van der Waals surface area contributed by atoms with Gasteiger partial charge in [-0.2, -0.15) is 5.10 Å². The normalized spacial score (nSPS) is 13.2. The minimum atomic E-state index is -0.300. The molecule has 1 heterocycles. The maximum atomic E-state index is 12.6. The van der Waals surface area contributed by atoms with E-state index in [1.165, 1.54) is 6.20 Å². The number of rotatable bonds is 8. The van der Waals surface area contributed by atoms with Crippen molar-refractivity contribution in [2.24, 2.45) is 5.92 Å². The number of H-pyrrole nitrogens is 1. The highest BCUT2D eigenvalue weighted by atomic mass is 16.5. The third-order valence-electron chi connectivity index (χ3n) is 4.40. The summed E-state index contributed by atoms with van der Waals surface area (Å²) in [4.78, 5) is 12.6. The molecule has 0 bridgehead atoms. The lowest BCUT2D eigenvalue weighted by atomic mass is 9.99. The molecule has 2 rings (SSSR count). The number of aliphatic hydroxyl groups excluding tert-OH is 1. The van der Waals surface area contributed by atoms with Gasteiger partial charge < -0.3 is 19.9 Å². The van der Waals surface area contributed by atoms with Gasteiger partial charge in [-0.25, -0.2) is 0 Å². The number of aromatic nitrogens is 2. The van der Waals surface area contributed by atoms with Gasteiger partial charge >= 0.3 is 0 Å². The van der Waals surface area contributed by atoms with Crippen LogP contribution in [0, 0.1) is 5.92 Å². The summed E-state index contributed by atoms with van der Waals surface area (Å²) in [5.41, 5.74) is 1.75. The minimum absolute atomic E-state index is 0.107. The molecule has 1 aromatic carbocycles. The largest absolute Gasteiger partial charge is 0.493 e. The van der Waals surface area contributed by atoms with Crippen molar-refractivity contribution in [3.8, 4) is 22.8 Å². The Kier molecular flexibility index (Phi) is 6.41. The molecule has 0 saturated carbocycles. The first-order chi connectivity index (χ1) is 12.0. The number of carbonyl (C=O) groups is 1. The number of carbonyl (C=O) groups excluding carboxylic acids is 1. The molecule has 0 saturated heterocycles. The summed E-state index contributed by atoms with van der Waals surface area (Å²) >= 11 is 0. The Bertz CT molecular complexity index is 714. The van der Waals surface area contributed by atoms with Crippen LogP contribution in [0.1, 0.15) is 30.6 Å². The Balaban J connectivity index is 2.29. The van der Waals surface area contributed by atoms with Crippen LogP contribution in [0.3, 0.4) is 0 Å². The van der Waals surface area contributed by atoms with Crippen molar-refractivity contribution in [3.63, 3.8) is 0 Å². The van der Waals surface area contributed by atoms with Gasteiger partial charge in [-0.1, -0.05) is 20.3 Å². The third kappa shape index (κ3) is 4.11. The molecule has 0 aliphatic carbocycles. The highest BCUT2D eigenvalue weighted by Crippen LogP contribution is 2.32. The summed E-state index contributed by atoms with van der Waals surface area (Å²) in [6, 6.07) is 5.07. The highest BCUT2D eigenvalue weighted by molar-refractivity contribution is 6.00. The van der Waals surface area contributed by atoms with Crippen molar-refractivity contribution in [2.45, 2.75) is 26.3 Å². The topological polar surface area (TPSA) is 96.5 Å². The molecule has 0 fully saturated rings. The number of nitrogens with one attached hydrogen (secondary N) is 2. The Morgan fingerprint density at radius 2 is 2.04 bits per heavy atom. The molecular formula is C18H25N3O4. The second-order valence-electron chi connectivity index (χ2n) is 5.88. The molecule has 0 unspecified atom stereocenters. The Hall–Kier alpha value is -2.54. The summed E-state index contributed by atoms with van der Waals surface area (Å²) in [7, 11) is 3.12. The first-order valence-corrected chi connectivity index (χ1v) is 8.23. The van der Waals surface area contributed by atoms with E-state index in [4.69, 9.17) is 9.47 Å². The molecule has 3 N–H and O–H groups in total. The number of aromatic amines is 1. The Morgan fingerprint density at radius 1 is 1.32 bits per heavy atom. The summed E-state index contributed by atoms with van der Waals surface area (Å²) < 4.78 is 10.5.